The summed E-state index contributed by atoms with van der Waals surface area (Å²) in [6, 6.07) is 10.6. The largest absolute Gasteiger partial charge is 0.378 e. The lowest BCUT2D eigenvalue weighted by atomic mass is 10.2. The molecule has 4 N–H and O–H groups in total. The SMILES string of the molecule is O=Cc1[nH]ncc1NCc1cccc(NC(=O)Nc2ccc(F)c(Cl)c2)c1. The molecule has 0 atom stereocenters. The topological polar surface area (TPSA) is 98.9 Å². The van der Waals surface area contributed by atoms with Gasteiger partial charge in [-0.25, -0.2) is 9.18 Å². The van der Waals surface area contributed by atoms with Crippen molar-refractivity contribution in [3.05, 3.63) is 70.8 Å². The van der Waals surface area contributed by atoms with Crippen LogP contribution in [-0.4, -0.2) is 22.5 Å². The first-order valence-corrected chi connectivity index (χ1v) is 8.27. The van der Waals surface area contributed by atoms with Gasteiger partial charge in [0.05, 0.1) is 16.9 Å². The highest BCUT2D eigenvalue weighted by Crippen LogP contribution is 2.20. The number of urea groups is 1. The van der Waals surface area contributed by atoms with E-state index in [1.54, 1.807) is 18.2 Å². The van der Waals surface area contributed by atoms with Crippen molar-refractivity contribution in [3.63, 3.8) is 0 Å². The molecule has 3 rings (SSSR count). The molecule has 2 amide bonds. The molecular formula is C18H15ClFN5O2. The summed E-state index contributed by atoms with van der Waals surface area (Å²) in [5, 5.41) is 14.7. The molecule has 3 aromatic rings. The fourth-order valence-electron chi connectivity index (χ4n) is 2.35. The number of aromatic nitrogens is 2. The van der Waals surface area contributed by atoms with Crippen molar-refractivity contribution in [3.8, 4) is 0 Å². The molecule has 9 heteroatoms. The van der Waals surface area contributed by atoms with Gasteiger partial charge in [-0.3, -0.25) is 9.89 Å². The van der Waals surface area contributed by atoms with E-state index in [0.29, 0.717) is 35.6 Å². The van der Waals surface area contributed by atoms with Crippen LogP contribution in [0.2, 0.25) is 5.02 Å². The minimum absolute atomic E-state index is 0.0742. The number of aromatic amines is 1. The highest BCUT2D eigenvalue weighted by molar-refractivity contribution is 6.31. The Bertz CT molecular complexity index is 976. The quantitative estimate of drug-likeness (QED) is 0.474. The van der Waals surface area contributed by atoms with E-state index in [1.807, 2.05) is 6.07 Å². The number of benzene rings is 2. The number of anilines is 3. The number of carbonyl (C=O) groups excluding carboxylic acids is 2. The molecule has 0 aliphatic rings. The summed E-state index contributed by atoms with van der Waals surface area (Å²) < 4.78 is 13.2. The number of hydrogen-bond donors (Lipinski definition) is 4. The van der Waals surface area contributed by atoms with Crippen molar-refractivity contribution in [2.45, 2.75) is 6.54 Å². The number of aldehydes is 1. The molecule has 0 saturated heterocycles. The van der Waals surface area contributed by atoms with Gasteiger partial charge in [0.15, 0.2) is 6.29 Å². The third-order valence-electron chi connectivity index (χ3n) is 3.63. The number of rotatable bonds is 6. The second-order valence-corrected chi connectivity index (χ2v) is 5.98. The standard InChI is InChI=1S/C18H15ClFN5O2/c19-14-7-13(4-5-15(14)20)24-18(27)23-12-3-1-2-11(6-12)8-21-16-9-22-25-17(16)10-26/h1-7,9-10,21H,8H2,(H,22,25)(H2,23,24,27). The van der Waals surface area contributed by atoms with Crippen LogP contribution >= 0.6 is 11.6 Å². The van der Waals surface area contributed by atoms with Gasteiger partial charge in [-0.15, -0.1) is 0 Å². The van der Waals surface area contributed by atoms with Gasteiger partial charge in [0.2, 0.25) is 0 Å². The second-order valence-electron chi connectivity index (χ2n) is 5.58. The average molecular weight is 388 g/mol. The van der Waals surface area contributed by atoms with E-state index in [9.17, 15) is 14.0 Å². The van der Waals surface area contributed by atoms with E-state index in [0.717, 1.165) is 5.56 Å². The van der Waals surface area contributed by atoms with Crippen molar-refractivity contribution in [1.29, 1.82) is 0 Å². The van der Waals surface area contributed by atoms with E-state index in [1.165, 1.54) is 24.4 Å². The first-order chi connectivity index (χ1) is 13.0. The van der Waals surface area contributed by atoms with Gasteiger partial charge in [-0.2, -0.15) is 5.10 Å². The summed E-state index contributed by atoms with van der Waals surface area (Å²) >= 11 is 5.69. The number of H-pyrrole nitrogens is 1. The smallest absolute Gasteiger partial charge is 0.323 e. The zero-order chi connectivity index (χ0) is 19.2. The molecule has 0 radical (unpaired) electrons. The van der Waals surface area contributed by atoms with Crippen LogP contribution in [0.5, 0.6) is 0 Å². The van der Waals surface area contributed by atoms with Crippen LogP contribution in [-0.2, 0) is 6.54 Å². The van der Waals surface area contributed by atoms with Crippen molar-refractivity contribution >= 4 is 41.0 Å². The molecule has 138 valence electrons. The molecule has 1 aromatic heterocycles. The van der Waals surface area contributed by atoms with Crippen molar-refractivity contribution in [1.82, 2.24) is 10.2 Å². The minimum atomic E-state index is -0.557. The van der Waals surface area contributed by atoms with E-state index in [2.05, 4.69) is 26.1 Å². The summed E-state index contributed by atoms with van der Waals surface area (Å²) in [5.41, 5.74) is 2.78. The van der Waals surface area contributed by atoms with Crippen molar-refractivity contribution in [2.24, 2.45) is 0 Å². The predicted octanol–water partition coefficient (Wildman–Crippen LogP) is 4.27. The Morgan fingerprint density at radius 1 is 1.19 bits per heavy atom. The summed E-state index contributed by atoms with van der Waals surface area (Å²) in [4.78, 5) is 23.0. The number of nitrogens with one attached hydrogen (secondary N) is 4. The van der Waals surface area contributed by atoms with Gasteiger partial charge in [-0.05, 0) is 35.9 Å². The third kappa shape index (κ3) is 4.83. The number of hydrogen-bond acceptors (Lipinski definition) is 4. The highest BCUT2D eigenvalue weighted by atomic mass is 35.5. The molecule has 0 fully saturated rings. The molecule has 27 heavy (non-hydrogen) atoms. The van der Waals surface area contributed by atoms with E-state index in [4.69, 9.17) is 11.6 Å². The Labute approximate surface area is 158 Å². The first-order valence-electron chi connectivity index (χ1n) is 7.89. The molecule has 0 aliphatic carbocycles. The summed E-state index contributed by atoms with van der Waals surface area (Å²) in [7, 11) is 0. The van der Waals surface area contributed by atoms with Crippen LogP contribution in [0.3, 0.4) is 0 Å². The molecule has 0 unspecified atom stereocenters. The maximum absolute atomic E-state index is 13.2. The Morgan fingerprint density at radius 3 is 2.70 bits per heavy atom. The highest BCUT2D eigenvalue weighted by Gasteiger charge is 2.07. The van der Waals surface area contributed by atoms with Gasteiger partial charge in [0, 0.05) is 17.9 Å². The van der Waals surface area contributed by atoms with Crippen molar-refractivity contribution in [2.75, 3.05) is 16.0 Å². The Balaban J connectivity index is 1.60. The molecule has 1 heterocycles. The summed E-state index contributed by atoms with van der Waals surface area (Å²) in [6.45, 7) is 0.436. The lowest BCUT2D eigenvalue weighted by Crippen LogP contribution is -2.19. The molecule has 0 aliphatic heterocycles. The molecular weight excluding hydrogens is 373 g/mol. The Morgan fingerprint density at radius 2 is 1.96 bits per heavy atom. The van der Waals surface area contributed by atoms with Gasteiger partial charge in [-0.1, -0.05) is 23.7 Å². The maximum Gasteiger partial charge on any atom is 0.323 e. The number of carbonyl (C=O) groups is 2. The van der Waals surface area contributed by atoms with Crippen LogP contribution < -0.4 is 16.0 Å². The predicted molar refractivity (Wildman–Crippen MR) is 102 cm³/mol. The Hall–Kier alpha value is -3.39. The summed E-state index contributed by atoms with van der Waals surface area (Å²) in [5.74, 6) is -0.557. The van der Waals surface area contributed by atoms with Crippen LogP contribution in [0.25, 0.3) is 0 Å². The normalized spacial score (nSPS) is 10.3. The van der Waals surface area contributed by atoms with Crippen LogP contribution in [0.4, 0.5) is 26.2 Å². The zero-order valence-corrected chi connectivity index (χ0v) is 14.7. The van der Waals surface area contributed by atoms with Gasteiger partial charge < -0.3 is 16.0 Å². The average Bonchev–Trinajstić information content (AvgIpc) is 3.11. The molecule has 2 aromatic carbocycles. The van der Waals surface area contributed by atoms with E-state index in [-0.39, 0.29) is 5.02 Å². The van der Waals surface area contributed by atoms with Crippen molar-refractivity contribution < 1.29 is 14.0 Å². The zero-order valence-electron chi connectivity index (χ0n) is 13.9. The van der Waals surface area contributed by atoms with Crippen LogP contribution in [0.1, 0.15) is 16.1 Å². The molecule has 7 nitrogen and oxygen atoms in total. The molecule has 0 spiro atoms. The van der Waals surface area contributed by atoms with Crippen LogP contribution in [0, 0.1) is 5.82 Å². The molecule has 0 bridgehead atoms. The van der Waals surface area contributed by atoms with Gasteiger partial charge in [0.25, 0.3) is 0 Å². The maximum atomic E-state index is 13.2. The van der Waals surface area contributed by atoms with Crippen LogP contribution in [0.15, 0.2) is 48.7 Å². The van der Waals surface area contributed by atoms with Gasteiger partial charge in [0.1, 0.15) is 11.5 Å². The number of amides is 2. The minimum Gasteiger partial charge on any atom is -0.378 e. The lowest BCUT2D eigenvalue weighted by Gasteiger charge is -2.10. The lowest BCUT2D eigenvalue weighted by molar-refractivity contribution is 0.111. The number of halogens is 2. The second kappa shape index (κ2) is 8.33. The Kier molecular flexibility index (Phi) is 5.68. The number of nitrogens with zero attached hydrogens (tertiary/aromatic N) is 1. The fourth-order valence-corrected chi connectivity index (χ4v) is 2.53. The van der Waals surface area contributed by atoms with E-state index >= 15 is 0 Å². The fraction of sp³-hybridized carbons (Fsp3) is 0.0556. The molecule has 0 saturated carbocycles. The first kappa shape index (κ1) is 18.4. The van der Waals surface area contributed by atoms with E-state index < -0.39 is 11.8 Å². The summed E-state index contributed by atoms with van der Waals surface area (Å²) in [6.07, 6.45) is 2.20. The van der Waals surface area contributed by atoms with Gasteiger partial charge >= 0.3 is 6.03 Å². The third-order valence-corrected chi connectivity index (χ3v) is 3.92. The monoisotopic (exact) mass is 387 g/mol.